The zero-order chi connectivity index (χ0) is 7.23. The molecule has 0 radical (unpaired) electrons. The van der Waals surface area contributed by atoms with Gasteiger partial charge in [0.1, 0.15) is 5.75 Å². The Morgan fingerprint density at radius 2 is 2.00 bits per heavy atom. The van der Waals surface area contributed by atoms with Crippen LogP contribution in [-0.2, 0) is 0 Å². The van der Waals surface area contributed by atoms with Crippen LogP contribution in [0.5, 0.6) is 5.75 Å². The Balaban J connectivity index is 2.50. The first kappa shape index (κ1) is 6.81. The number of aliphatic imine (C=N–C) groups is 1. The average molecular weight is 135 g/mol. The van der Waals surface area contributed by atoms with Gasteiger partial charge >= 0.3 is 0 Å². The van der Waals surface area contributed by atoms with Gasteiger partial charge in [0, 0.05) is 0 Å². The van der Waals surface area contributed by atoms with E-state index in [0.717, 1.165) is 5.75 Å². The SMILES string of the molecule is C=NCOc1ccccc1. The van der Waals surface area contributed by atoms with Crippen molar-refractivity contribution in [2.45, 2.75) is 0 Å². The van der Waals surface area contributed by atoms with E-state index in [4.69, 9.17) is 4.74 Å². The second-order valence-corrected chi connectivity index (χ2v) is 1.81. The van der Waals surface area contributed by atoms with Gasteiger partial charge in [0.15, 0.2) is 6.73 Å². The zero-order valence-corrected chi connectivity index (χ0v) is 5.66. The molecular formula is C8H9NO. The lowest BCUT2D eigenvalue weighted by Gasteiger charge is -1.99. The Hall–Kier alpha value is -1.31. The maximum absolute atomic E-state index is 5.13. The van der Waals surface area contributed by atoms with Gasteiger partial charge in [0.25, 0.3) is 0 Å². The van der Waals surface area contributed by atoms with Gasteiger partial charge in [-0.2, -0.15) is 0 Å². The van der Waals surface area contributed by atoms with Gasteiger partial charge in [-0.1, -0.05) is 18.2 Å². The van der Waals surface area contributed by atoms with Crippen molar-refractivity contribution < 1.29 is 4.74 Å². The summed E-state index contributed by atoms with van der Waals surface area (Å²) >= 11 is 0. The van der Waals surface area contributed by atoms with Crippen LogP contribution in [0.25, 0.3) is 0 Å². The minimum atomic E-state index is 0.323. The van der Waals surface area contributed by atoms with Gasteiger partial charge in [0.05, 0.1) is 0 Å². The Labute approximate surface area is 60.2 Å². The van der Waals surface area contributed by atoms with Crippen LogP contribution in [-0.4, -0.2) is 13.4 Å². The molecule has 0 saturated heterocycles. The number of benzene rings is 1. The van der Waals surface area contributed by atoms with Crippen molar-refractivity contribution in [3.8, 4) is 5.75 Å². The topological polar surface area (TPSA) is 21.6 Å². The summed E-state index contributed by atoms with van der Waals surface area (Å²) in [4.78, 5) is 3.56. The van der Waals surface area contributed by atoms with Crippen LogP contribution in [0.3, 0.4) is 0 Å². The summed E-state index contributed by atoms with van der Waals surface area (Å²) < 4.78 is 5.13. The summed E-state index contributed by atoms with van der Waals surface area (Å²) in [6.07, 6.45) is 0. The normalized spacial score (nSPS) is 8.80. The summed E-state index contributed by atoms with van der Waals surface area (Å²) in [6.45, 7) is 3.62. The number of para-hydroxylation sites is 1. The molecule has 0 fully saturated rings. The molecule has 1 rings (SSSR count). The van der Waals surface area contributed by atoms with E-state index in [-0.39, 0.29) is 0 Å². The molecule has 0 aliphatic carbocycles. The minimum absolute atomic E-state index is 0.323. The largest absolute Gasteiger partial charge is 0.471 e. The van der Waals surface area contributed by atoms with E-state index in [1.54, 1.807) is 0 Å². The lowest BCUT2D eigenvalue weighted by atomic mass is 10.3. The molecule has 1 aromatic carbocycles. The number of nitrogens with zero attached hydrogens (tertiary/aromatic N) is 1. The van der Waals surface area contributed by atoms with Crippen molar-refractivity contribution in [1.82, 2.24) is 0 Å². The molecule has 10 heavy (non-hydrogen) atoms. The second kappa shape index (κ2) is 3.67. The first-order chi connectivity index (χ1) is 4.93. The smallest absolute Gasteiger partial charge is 0.178 e. The number of hydrogen-bond acceptors (Lipinski definition) is 2. The number of ether oxygens (including phenoxy) is 1. The highest BCUT2D eigenvalue weighted by Gasteiger charge is 1.85. The molecular weight excluding hydrogens is 126 g/mol. The molecule has 2 nitrogen and oxygen atoms in total. The summed E-state index contributed by atoms with van der Waals surface area (Å²) in [5.74, 6) is 0.829. The van der Waals surface area contributed by atoms with E-state index < -0.39 is 0 Å². The minimum Gasteiger partial charge on any atom is -0.471 e. The van der Waals surface area contributed by atoms with Crippen molar-refractivity contribution in [3.05, 3.63) is 30.3 Å². The summed E-state index contributed by atoms with van der Waals surface area (Å²) in [5, 5.41) is 0. The van der Waals surface area contributed by atoms with Crippen LogP contribution in [0.15, 0.2) is 35.3 Å². The lowest BCUT2D eigenvalue weighted by Crippen LogP contribution is -1.91. The molecule has 0 spiro atoms. The Bertz CT molecular complexity index is 196. The van der Waals surface area contributed by atoms with Crippen LogP contribution in [0.2, 0.25) is 0 Å². The third kappa shape index (κ3) is 1.90. The highest BCUT2D eigenvalue weighted by Crippen LogP contribution is 2.07. The molecule has 0 unspecified atom stereocenters. The summed E-state index contributed by atoms with van der Waals surface area (Å²) in [5.41, 5.74) is 0. The maximum atomic E-state index is 5.13. The molecule has 0 aliphatic heterocycles. The molecule has 0 heterocycles. The monoisotopic (exact) mass is 135 g/mol. The van der Waals surface area contributed by atoms with E-state index in [0.29, 0.717) is 6.73 Å². The van der Waals surface area contributed by atoms with Crippen LogP contribution >= 0.6 is 0 Å². The van der Waals surface area contributed by atoms with Gasteiger partial charge in [-0.25, -0.2) is 0 Å². The first-order valence-electron chi connectivity index (χ1n) is 3.04. The Morgan fingerprint density at radius 3 is 2.60 bits per heavy atom. The van der Waals surface area contributed by atoms with Crippen LogP contribution in [0, 0.1) is 0 Å². The molecule has 1 aromatic rings. The highest BCUT2D eigenvalue weighted by molar-refractivity contribution is 5.24. The Kier molecular flexibility index (Phi) is 2.49. The van der Waals surface area contributed by atoms with E-state index in [9.17, 15) is 0 Å². The molecule has 0 saturated carbocycles. The molecule has 0 aromatic heterocycles. The van der Waals surface area contributed by atoms with Crippen molar-refractivity contribution in [2.75, 3.05) is 6.73 Å². The van der Waals surface area contributed by atoms with E-state index >= 15 is 0 Å². The van der Waals surface area contributed by atoms with Gasteiger partial charge in [-0.3, -0.25) is 4.99 Å². The third-order valence-corrected chi connectivity index (χ3v) is 1.07. The van der Waals surface area contributed by atoms with Crippen molar-refractivity contribution in [2.24, 2.45) is 4.99 Å². The maximum Gasteiger partial charge on any atom is 0.178 e. The molecule has 2 heteroatoms. The van der Waals surface area contributed by atoms with Gasteiger partial charge in [-0.15, -0.1) is 0 Å². The standard InChI is InChI=1S/C8H9NO/c1-9-7-10-8-5-3-2-4-6-8/h2-6H,1,7H2. The highest BCUT2D eigenvalue weighted by atomic mass is 16.5. The van der Waals surface area contributed by atoms with Gasteiger partial charge in [-0.05, 0) is 18.9 Å². The zero-order valence-electron chi connectivity index (χ0n) is 5.66. The first-order valence-corrected chi connectivity index (χ1v) is 3.04. The average Bonchev–Trinajstić information content (AvgIpc) is 2.03. The fourth-order valence-corrected chi connectivity index (χ4v) is 0.637. The molecule has 0 atom stereocenters. The van der Waals surface area contributed by atoms with Gasteiger partial charge < -0.3 is 4.74 Å². The molecule has 0 N–H and O–H groups in total. The third-order valence-electron chi connectivity index (χ3n) is 1.07. The fourth-order valence-electron chi connectivity index (χ4n) is 0.637. The van der Waals surface area contributed by atoms with E-state index in [1.165, 1.54) is 0 Å². The second-order valence-electron chi connectivity index (χ2n) is 1.81. The number of rotatable bonds is 3. The predicted octanol–water partition coefficient (Wildman–Crippen LogP) is 1.72. The molecule has 0 bridgehead atoms. The van der Waals surface area contributed by atoms with Crippen LogP contribution < -0.4 is 4.74 Å². The quantitative estimate of drug-likeness (QED) is 0.578. The summed E-state index contributed by atoms with van der Waals surface area (Å²) in [7, 11) is 0. The summed E-state index contributed by atoms with van der Waals surface area (Å²) in [6, 6.07) is 9.53. The van der Waals surface area contributed by atoms with Crippen molar-refractivity contribution in [3.63, 3.8) is 0 Å². The van der Waals surface area contributed by atoms with Crippen molar-refractivity contribution >= 4 is 6.72 Å². The molecule has 0 amide bonds. The molecule has 52 valence electrons. The van der Waals surface area contributed by atoms with Gasteiger partial charge in [0.2, 0.25) is 0 Å². The lowest BCUT2D eigenvalue weighted by molar-refractivity contribution is 0.332. The van der Waals surface area contributed by atoms with E-state index in [2.05, 4.69) is 11.7 Å². The fraction of sp³-hybridized carbons (Fsp3) is 0.125. The molecule has 0 aliphatic rings. The number of hydrogen-bond donors (Lipinski definition) is 0. The predicted molar refractivity (Wildman–Crippen MR) is 41.5 cm³/mol. The van der Waals surface area contributed by atoms with Crippen molar-refractivity contribution in [1.29, 1.82) is 0 Å². The Morgan fingerprint density at radius 1 is 1.30 bits per heavy atom. The van der Waals surface area contributed by atoms with E-state index in [1.807, 2.05) is 30.3 Å². The van der Waals surface area contributed by atoms with Crippen LogP contribution in [0.1, 0.15) is 0 Å². The van der Waals surface area contributed by atoms with Crippen LogP contribution in [0.4, 0.5) is 0 Å².